The van der Waals surface area contributed by atoms with Gasteiger partial charge in [-0.2, -0.15) is 5.10 Å². The standard InChI is InChI=1S/C13H15FN2O2/c1-9(17)12-4-3-11(14)5-13(12)18-8-10-6-15-16(2)7-10/h3-7,9,17H,8H2,1-2H3/t9-/m0/s1. The van der Waals surface area contributed by atoms with E-state index in [2.05, 4.69) is 5.10 Å². The number of aliphatic hydroxyl groups excluding tert-OH is 1. The van der Waals surface area contributed by atoms with Gasteiger partial charge in [-0.05, 0) is 19.1 Å². The van der Waals surface area contributed by atoms with E-state index in [0.717, 1.165) is 5.56 Å². The molecule has 1 aromatic heterocycles. The number of hydrogen-bond acceptors (Lipinski definition) is 3. The lowest BCUT2D eigenvalue weighted by molar-refractivity contribution is 0.190. The Labute approximate surface area is 105 Å². The largest absolute Gasteiger partial charge is 0.488 e. The van der Waals surface area contributed by atoms with E-state index in [9.17, 15) is 9.50 Å². The number of halogens is 1. The molecule has 0 aliphatic rings. The van der Waals surface area contributed by atoms with E-state index < -0.39 is 6.10 Å². The van der Waals surface area contributed by atoms with Crippen LogP contribution in [-0.2, 0) is 13.7 Å². The first-order valence-electron chi connectivity index (χ1n) is 5.64. The molecule has 0 saturated carbocycles. The van der Waals surface area contributed by atoms with Crippen molar-refractivity contribution in [1.82, 2.24) is 9.78 Å². The highest BCUT2D eigenvalue weighted by atomic mass is 19.1. The van der Waals surface area contributed by atoms with Gasteiger partial charge in [0.15, 0.2) is 0 Å². The Balaban J connectivity index is 2.15. The van der Waals surface area contributed by atoms with Gasteiger partial charge in [0.05, 0.1) is 12.3 Å². The van der Waals surface area contributed by atoms with Crippen LogP contribution in [0.15, 0.2) is 30.6 Å². The quantitative estimate of drug-likeness (QED) is 0.904. The molecule has 1 atom stereocenters. The van der Waals surface area contributed by atoms with Gasteiger partial charge < -0.3 is 9.84 Å². The number of hydrogen-bond donors (Lipinski definition) is 1. The van der Waals surface area contributed by atoms with Crippen LogP contribution in [0.5, 0.6) is 5.75 Å². The highest BCUT2D eigenvalue weighted by molar-refractivity contribution is 5.35. The molecule has 1 heterocycles. The first kappa shape index (κ1) is 12.6. The van der Waals surface area contributed by atoms with Gasteiger partial charge in [-0.25, -0.2) is 4.39 Å². The molecule has 2 rings (SSSR count). The summed E-state index contributed by atoms with van der Waals surface area (Å²) in [5.41, 5.74) is 1.46. The van der Waals surface area contributed by atoms with Crippen LogP contribution in [0.3, 0.4) is 0 Å². The lowest BCUT2D eigenvalue weighted by atomic mass is 10.1. The monoisotopic (exact) mass is 250 g/mol. The number of aromatic nitrogens is 2. The lowest BCUT2D eigenvalue weighted by Gasteiger charge is -2.12. The summed E-state index contributed by atoms with van der Waals surface area (Å²) in [6.07, 6.45) is 2.80. The minimum absolute atomic E-state index is 0.289. The van der Waals surface area contributed by atoms with Gasteiger partial charge in [0.2, 0.25) is 0 Å². The number of rotatable bonds is 4. The lowest BCUT2D eigenvalue weighted by Crippen LogP contribution is -2.01. The molecule has 4 nitrogen and oxygen atoms in total. The van der Waals surface area contributed by atoms with Crippen LogP contribution >= 0.6 is 0 Å². The predicted molar refractivity (Wildman–Crippen MR) is 64.6 cm³/mol. The average Bonchev–Trinajstić information content (AvgIpc) is 2.72. The van der Waals surface area contributed by atoms with E-state index in [4.69, 9.17) is 4.74 Å². The first-order chi connectivity index (χ1) is 8.56. The van der Waals surface area contributed by atoms with Crippen molar-refractivity contribution < 1.29 is 14.2 Å². The molecule has 0 unspecified atom stereocenters. The molecule has 0 amide bonds. The summed E-state index contributed by atoms with van der Waals surface area (Å²) >= 11 is 0. The summed E-state index contributed by atoms with van der Waals surface area (Å²) in [5, 5.41) is 13.6. The summed E-state index contributed by atoms with van der Waals surface area (Å²) in [6.45, 7) is 1.90. The molecule has 0 aliphatic carbocycles. The molecule has 2 aromatic rings. The molecule has 0 spiro atoms. The number of aliphatic hydroxyl groups is 1. The van der Waals surface area contributed by atoms with Crippen molar-refractivity contribution in [3.8, 4) is 5.75 Å². The maximum Gasteiger partial charge on any atom is 0.128 e. The van der Waals surface area contributed by atoms with Crippen LogP contribution < -0.4 is 4.74 Å². The fraction of sp³-hybridized carbons (Fsp3) is 0.308. The third-order valence-corrected chi connectivity index (χ3v) is 2.58. The van der Waals surface area contributed by atoms with Crippen LogP contribution in [0.25, 0.3) is 0 Å². The van der Waals surface area contributed by atoms with Crippen molar-refractivity contribution >= 4 is 0 Å². The predicted octanol–water partition coefficient (Wildman–Crippen LogP) is 2.19. The van der Waals surface area contributed by atoms with Gasteiger partial charge in [0.1, 0.15) is 18.2 Å². The molecule has 96 valence electrons. The zero-order valence-corrected chi connectivity index (χ0v) is 10.3. The summed E-state index contributed by atoms with van der Waals surface area (Å²) in [4.78, 5) is 0. The first-order valence-corrected chi connectivity index (χ1v) is 5.64. The SMILES string of the molecule is C[C@H](O)c1ccc(F)cc1OCc1cnn(C)c1. The molecule has 0 aliphatic heterocycles. The molecule has 5 heteroatoms. The maximum atomic E-state index is 13.2. The molecule has 0 saturated heterocycles. The Hall–Kier alpha value is -1.88. The number of ether oxygens (including phenoxy) is 1. The Morgan fingerprint density at radius 1 is 1.50 bits per heavy atom. The number of aryl methyl sites for hydroxylation is 1. The third kappa shape index (κ3) is 2.87. The van der Waals surface area contributed by atoms with Crippen LogP contribution in [0.1, 0.15) is 24.2 Å². The van der Waals surface area contributed by atoms with Crippen LogP contribution in [0.2, 0.25) is 0 Å². The molecule has 0 bridgehead atoms. The van der Waals surface area contributed by atoms with Crippen molar-refractivity contribution in [1.29, 1.82) is 0 Å². The van der Waals surface area contributed by atoms with Gasteiger partial charge in [-0.1, -0.05) is 0 Å². The molecular weight excluding hydrogens is 235 g/mol. The van der Waals surface area contributed by atoms with Gasteiger partial charge in [0.25, 0.3) is 0 Å². The van der Waals surface area contributed by atoms with Crippen LogP contribution in [0.4, 0.5) is 4.39 Å². The zero-order valence-electron chi connectivity index (χ0n) is 10.3. The Bertz CT molecular complexity index is 538. The molecule has 1 N–H and O–H groups in total. The summed E-state index contributed by atoms with van der Waals surface area (Å²) in [6, 6.07) is 4.11. The van der Waals surface area contributed by atoms with Crippen LogP contribution in [-0.4, -0.2) is 14.9 Å². The van der Waals surface area contributed by atoms with Gasteiger partial charge in [0, 0.05) is 30.4 Å². The topological polar surface area (TPSA) is 47.3 Å². The van der Waals surface area contributed by atoms with E-state index >= 15 is 0 Å². The third-order valence-electron chi connectivity index (χ3n) is 2.58. The highest BCUT2D eigenvalue weighted by Gasteiger charge is 2.10. The number of benzene rings is 1. The van der Waals surface area contributed by atoms with E-state index in [1.807, 2.05) is 13.2 Å². The van der Waals surface area contributed by atoms with E-state index in [0.29, 0.717) is 11.3 Å². The smallest absolute Gasteiger partial charge is 0.128 e. The highest BCUT2D eigenvalue weighted by Crippen LogP contribution is 2.26. The van der Waals surface area contributed by atoms with Crippen molar-refractivity contribution in [2.75, 3.05) is 0 Å². The van der Waals surface area contributed by atoms with Gasteiger partial charge in [-0.15, -0.1) is 0 Å². The molecule has 1 aromatic carbocycles. The Kier molecular flexibility index (Phi) is 3.62. The van der Waals surface area contributed by atoms with E-state index in [1.165, 1.54) is 18.2 Å². The minimum Gasteiger partial charge on any atom is -0.488 e. The minimum atomic E-state index is -0.700. The van der Waals surface area contributed by atoms with Crippen molar-refractivity contribution in [2.45, 2.75) is 19.6 Å². The molecule has 18 heavy (non-hydrogen) atoms. The van der Waals surface area contributed by atoms with Crippen molar-refractivity contribution in [3.05, 3.63) is 47.5 Å². The average molecular weight is 250 g/mol. The Morgan fingerprint density at radius 3 is 2.89 bits per heavy atom. The fourth-order valence-electron chi connectivity index (χ4n) is 1.69. The molecular formula is C13H15FN2O2. The number of nitrogens with zero attached hydrogens (tertiary/aromatic N) is 2. The van der Waals surface area contributed by atoms with E-state index in [1.54, 1.807) is 17.8 Å². The van der Waals surface area contributed by atoms with Gasteiger partial charge in [-0.3, -0.25) is 4.68 Å². The Morgan fingerprint density at radius 2 is 2.28 bits per heavy atom. The second-order valence-electron chi connectivity index (χ2n) is 4.17. The zero-order chi connectivity index (χ0) is 13.1. The van der Waals surface area contributed by atoms with Crippen LogP contribution in [0, 0.1) is 5.82 Å². The maximum absolute atomic E-state index is 13.2. The van der Waals surface area contributed by atoms with Gasteiger partial charge >= 0.3 is 0 Å². The second kappa shape index (κ2) is 5.18. The summed E-state index contributed by atoms with van der Waals surface area (Å²) < 4.78 is 20.4. The van der Waals surface area contributed by atoms with E-state index in [-0.39, 0.29) is 12.4 Å². The van der Waals surface area contributed by atoms with Crippen molar-refractivity contribution in [2.24, 2.45) is 7.05 Å². The summed E-state index contributed by atoms with van der Waals surface area (Å²) in [7, 11) is 1.81. The summed E-state index contributed by atoms with van der Waals surface area (Å²) in [5.74, 6) is -0.0329. The molecule has 0 radical (unpaired) electrons. The van der Waals surface area contributed by atoms with Crippen molar-refractivity contribution in [3.63, 3.8) is 0 Å². The second-order valence-corrected chi connectivity index (χ2v) is 4.17. The normalized spacial score (nSPS) is 12.4. The molecule has 0 fully saturated rings. The fourth-order valence-corrected chi connectivity index (χ4v) is 1.69.